The molecule has 1 heterocycles. The van der Waals surface area contributed by atoms with Crippen LogP contribution in [0.3, 0.4) is 0 Å². The number of carbonyl (C=O) groups excluding carboxylic acids is 3. The molecule has 0 spiro atoms. The fourth-order valence-electron chi connectivity index (χ4n) is 3.97. The second-order valence-corrected chi connectivity index (χ2v) is 8.88. The second-order valence-electron chi connectivity index (χ2n) is 8.88. The third kappa shape index (κ3) is 14.3. The number of rotatable bonds is 12. The number of esters is 2. The summed E-state index contributed by atoms with van der Waals surface area (Å²) in [4.78, 5) is 57.1. The van der Waals surface area contributed by atoms with Gasteiger partial charge in [0.1, 0.15) is 13.2 Å². The van der Waals surface area contributed by atoms with E-state index in [9.17, 15) is 24.3 Å². The molecule has 1 aliphatic rings. The molecule has 0 unspecified atom stereocenters. The molecule has 12 nitrogen and oxygen atoms in total. The van der Waals surface area contributed by atoms with Gasteiger partial charge in [0.05, 0.1) is 26.2 Å². The number of hydrogen-bond acceptors (Lipinski definition) is 10. The molecule has 0 aromatic rings. The van der Waals surface area contributed by atoms with Gasteiger partial charge in [-0.15, -0.1) is 0 Å². The highest BCUT2D eigenvalue weighted by atomic mass is 16.5. The zero-order valence-corrected chi connectivity index (χ0v) is 22.4. The van der Waals surface area contributed by atoms with Gasteiger partial charge in [0.25, 0.3) is 0 Å². The van der Waals surface area contributed by atoms with E-state index in [1.807, 2.05) is 9.80 Å². The molecule has 1 saturated heterocycles. The average Bonchev–Trinajstić information content (AvgIpc) is 2.80. The van der Waals surface area contributed by atoms with Gasteiger partial charge in [-0.1, -0.05) is 13.8 Å². The van der Waals surface area contributed by atoms with Crippen LogP contribution in [0.1, 0.15) is 27.7 Å². The molecule has 1 amide bonds. The number of carbonyl (C=O) groups is 4. The molecule has 12 heteroatoms. The Morgan fingerprint density at radius 2 is 1.03 bits per heavy atom. The Morgan fingerprint density at radius 1 is 0.667 bits per heavy atom. The Balaban J connectivity index is 2.91. The summed E-state index contributed by atoms with van der Waals surface area (Å²) in [6, 6.07) is 0. The smallest absolute Gasteiger partial charge is 0.317 e. The molecule has 0 radical (unpaired) electrons. The first-order valence-corrected chi connectivity index (χ1v) is 12.8. The summed E-state index contributed by atoms with van der Waals surface area (Å²) >= 11 is 0. The van der Waals surface area contributed by atoms with E-state index in [4.69, 9.17) is 9.47 Å². The summed E-state index contributed by atoms with van der Waals surface area (Å²) in [6.45, 7) is 15.1. The third-order valence-electron chi connectivity index (χ3n) is 6.23. The van der Waals surface area contributed by atoms with Crippen LogP contribution >= 0.6 is 0 Å². The molecule has 36 heavy (non-hydrogen) atoms. The van der Waals surface area contributed by atoms with Gasteiger partial charge in [0, 0.05) is 66.2 Å². The van der Waals surface area contributed by atoms with Crippen molar-refractivity contribution in [1.29, 1.82) is 0 Å². The van der Waals surface area contributed by atoms with E-state index < -0.39 is 17.9 Å². The lowest BCUT2D eigenvalue weighted by molar-refractivity contribution is -0.145. The number of amides is 1. The first-order valence-electron chi connectivity index (χ1n) is 12.8. The maximum absolute atomic E-state index is 13.2. The Hall–Kier alpha value is -2.28. The van der Waals surface area contributed by atoms with Gasteiger partial charge in [-0.05, 0) is 13.1 Å². The van der Waals surface area contributed by atoms with Gasteiger partial charge < -0.3 is 29.3 Å². The van der Waals surface area contributed by atoms with Gasteiger partial charge in [0.15, 0.2) is 0 Å². The lowest BCUT2D eigenvalue weighted by Crippen LogP contribution is -2.49. The van der Waals surface area contributed by atoms with Crippen molar-refractivity contribution < 1.29 is 33.8 Å². The molecule has 1 rings (SSSR count). The number of aliphatic carboxylic acids is 1. The summed E-state index contributed by atoms with van der Waals surface area (Å²) in [6.07, 6.45) is 0. The first kappa shape index (κ1) is 31.7. The maximum atomic E-state index is 13.2. The van der Waals surface area contributed by atoms with Gasteiger partial charge in [0.2, 0.25) is 5.91 Å². The number of carboxylic acids is 1. The Labute approximate surface area is 215 Å². The average molecular weight is 516 g/mol. The van der Waals surface area contributed by atoms with Crippen molar-refractivity contribution in [3.05, 3.63) is 0 Å². The molecule has 0 bridgehead atoms. The SMILES string of the molecule is CCN1CCN(CC)CCN(CC(=O)N(CCOC(C)=O)CCOC(C)=O)CCN(CC(=O)O)CC1. The highest BCUT2D eigenvalue weighted by molar-refractivity contribution is 5.78. The Bertz CT molecular complexity index is 674. The minimum atomic E-state index is -0.868. The molecular weight excluding hydrogens is 470 g/mol. The van der Waals surface area contributed by atoms with Crippen LogP contribution in [0.5, 0.6) is 0 Å². The van der Waals surface area contributed by atoms with Crippen LogP contribution in [0.4, 0.5) is 0 Å². The van der Waals surface area contributed by atoms with Crippen molar-refractivity contribution in [3.8, 4) is 0 Å². The number of carboxylic acid groups (broad SMARTS) is 1. The number of likely N-dealkylation sites (N-methyl/N-ethyl adjacent to an activating group) is 2. The number of ether oxygens (including phenoxy) is 2. The summed E-state index contributed by atoms with van der Waals surface area (Å²) in [7, 11) is 0. The van der Waals surface area contributed by atoms with Crippen LogP contribution in [0, 0.1) is 0 Å². The van der Waals surface area contributed by atoms with E-state index in [0.29, 0.717) is 26.2 Å². The summed E-state index contributed by atoms with van der Waals surface area (Å²) < 4.78 is 10.0. The van der Waals surface area contributed by atoms with Crippen molar-refractivity contribution in [3.63, 3.8) is 0 Å². The van der Waals surface area contributed by atoms with Gasteiger partial charge in [-0.3, -0.25) is 29.0 Å². The molecule has 0 aromatic carbocycles. The van der Waals surface area contributed by atoms with E-state index >= 15 is 0 Å². The maximum Gasteiger partial charge on any atom is 0.317 e. The van der Waals surface area contributed by atoms with Crippen LogP contribution in [-0.4, -0.2) is 158 Å². The van der Waals surface area contributed by atoms with E-state index in [1.165, 1.54) is 18.7 Å². The summed E-state index contributed by atoms with van der Waals surface area (Å²) in [5.41, 5.74) is 0. The molecule has 0 saturated carbocycles. The molecule has 1 fully saturated rings. The first-order chi connectivity index (χ1) is 17.1. The summed E-state index contributed by atoms with van der Waals surface area (Å²) in [5.74, 6) is -1.88. The highest BCUT2D eigenvalue weighted by Gasteiger charge is 2.21. The number of nitrogens with zero attached hydrogens (tertiary/aromatic N) is 5. The minimum absolute atomic E-state index is 0.0443. The molecule has 1 aliphatic heterocycles. The van der Waals surface area contributed by atoms with E-state index in [-0.39, 0.29) is 45.3 Å². The summed E-state index contributed by atoms with van der Waals surface area (Å²) in [5, 5.41) is 9.36. The van der Waals surface area contributed by atoms with Gasteiger partial charge >= 0.3 is 17.9 Å². The van der Waals surface area contributed by atoms with Crippen LogP contribution in [0.15, 0.2) is 0 Å². The topological polar surface area (TPSA) is 123 Å². The minimum Gasteiger partial charge on any atom is -0.480 e. The quantitative estimate of drug-likeness (QED) is 0.332. The zero-order valence-electron chi connectivity index (χ0n) is 22.4. The van der Waals surface area contributed by atoms with Crippen LogP contribution in [0.2, 0.25) is 0 Å². The highest BCUT2D eigenvalue weighted by Crippen LogP contribution is 2.03. The van der Waals surface area contributed by atoms with Gasteiger partial charge in [-0.2, -0.15) is 0 Å². The number of hydrogen-bond donors (Lipinski definition) is 1. The largest absolute Gasteiger partial charge is 0.480 e. The molecular formula is C24H45N5O7. The van der Waals surface area contributed by atoms with Crippen LogP contribution < -0.4 is 0 Å². The van der Waals surface area contributed by atoms with E-state index in [0.717, 1.165) is 39.3 Å². The van der Waals surface area contributed by atoms with Gasteiger partial charge in [-0.25, -0.2) is 0 Å². The molecule has 0 aliphatic carbocycles. The Kier molecular flexibility index (Phi) is 15.9. The Morgan fingerprint density at radius 3 is 1.36 bits per heavy atom. The van der Waals surface area contributed by atoms with Crippen molar-refractivity contribution in [2.75, 3.05) is 105 Å². The van der Waals surface area contributed by atoms with Crippen LogP contribution in [-0.2, 0) is 28.7 Å². The van der Waals surface area contributed by atoms with Crippen molar-refractivity contribution in [2.45, 2.75) is 27.7 Å². The van der Waals surface area contributed by atoms with Crippen molar-refractivity contribution >= 4 is 23.8 Å². The monoisotopic (exact) mass is 515 g/mol. The van der Waals surface area contributed by atoms with Crippen LogP contribution in [0.25, 0.3) is 0 Å². The van der Waals surface area contributed by atoms with Crippen molar-refractivity contribution in [1.82, 2.24) is 24.5 Å². The molecule has 1 N–H and O–H groups in total. The van der Waals surface area contributed by atoms with E-state index in [1.54, 1.807) is 0 Å². The second kappa shape index (κ2) is 18.0. The molecule has 208 valence electrons. The van der Waals surface area contributed by atoms with Crippen molar-refractivity contribution in [2.24, 2.45) is 0 Å². The normalized spacial score (nSPS) is 17.6. The third-order valence-corrected chi connectivity index (χ3v) is 6.23. The predicted octanol–water partition coefficient (Wildman–Crippen LogP) is -0.713. The molecule has 0 atom stereocenters. The fourth-order valence-corrected chi connectivity index (χ4v) is 3.97. The predicted molar refractivity (Wildman–Crippen MR) is 135 cm³/mol. The lowest BCUT2D eigenvalue weighted by atomic mass is 10.3. The standard InChI is InChI=1S/C24H45N5O7/c1-5-25-7-8-26(6-2)10-12-28(20-24(33)34)14-13-27(11-9-25)19-23(32)29(15-17-35-21(3)30)16-18-36-22(4)31/h5-20H2,1-4H3,(H,33,34). The fraction of sp³-hybridized carbons (Fsp3) is 0.833. The van der Waals surface area contributed by atoms with E-state index in [2.05, 4.69) is 23.6 Å². The lowest BCUT2D eigenvalue weighted by Gasteiger charge is -2.34. The zero-order chi connectivity index (χ0) is 26.9. The molecule has 0 aromatic heterocycles.